The third-order valence-corrected chi connectivity index (χ3v) is 7.68. The lowest BCUT2D eigenvalue weighted by atomic mass is 10.1. The van der Waals surface area contributed by atoms with Gasteiger partial charge in [-0.2, -0.15) is 0 Å². The Balaban J connectivity index is 3.56. The molecule has 0 aromatic heterocycles. The van der Waals surface area contributed by atoms with Gasteiger partial charge in [0.25, 0.3) is 0 Å². The van der Waals surface area contributed by atoms with Crippen LogP contribution in [-0.4, -0.2) is 42.9 Å². The van der Waals surface area contributed by atoms with Crippen LogP contribution in [0.4, 0.5) is 0 Å². The third kappa shape index (κ3) is 14.8. The molecule has 0 spiro atoms. The van der Waals surface area contributed by atoms with Crippen LogP contribution in [0, 0.1) is 0 Å². The van der Waals surface area contributed by atoms with Crippen LogP contribution in [0.3, 0.4) is 0 Å². The minimum Gasteiger partial charge on any atom is -0.320 e. The minimum atomic E-state index is -3.55. The SMILES string of the molecule is CCCCCCC/C=C\CCCCCCCCOP(=O)(O)C(CC)[N+](C)(C)C. The number of nitrogens with zero attached hydrogens (tertiary/aromatic N) is 1. The highest BCUT2D eigenvalue weighted by Crippen LogP contribution is 2.51. The predicted molar refractivity (Wildman–Crippen MR) is 123 cm³/mol. The molecule has 0 aromatic rings. The Morgan fingerprint density at radius 2 is 1.29 bits per heavy atom. The summed E-state index contributed by atoms with van der Waals surface area (Å²) in [5.41, 5.74) is 0. The third-order valence-electron chi connectivity index (χ3n) is 5.32. The molecule has 168 valence electrons. The minimum absolute atomic E-state index is 0.350. The molecular weight excluding hydrogens is 369 g/mol. The summed E-state index contributed by atoms with van der Waals surface area (Å²) in [5, 5.41) is 0. The molecule has 2 atom stereocenters. The van der Waals surface area contributed by atoms with Crippen LogP contribution < -0.4 is 0 Å². The van der Waals surface area contributed by atoms with Gasteiger partial charge in [0.15, 0.2) is 5.78 Å². The van der Waals surface area contributed by atoms with E-state index >= 15 is 0 Å². The van der Waals surface area contributed by atoms with Gasteiger partial charge in [-0.05, 0) is 32.1 Å². The average molecular weight is 419 g/mol. The fraction of sp³-hybridized carbons (Fsp3) is 0.913. The van der Waals surface area contributed by atoms with Crippen LogP contribution in [0.15, 0.2) is 12.2 Å². The molecule has 1 N–H and O–H groups in total. The van der Waals surface area contributed by atoms with E-state index in [-0.39, 0.29) is 5.78 Å². The van der Waals surface area contributed by atoms with Gasteiger partial charge in [-0.25, -0.2) is 0 Å². The molecule has 0 aliphatic carbocycles. The van der Waals surface area contributed by atoms with E-state index in [2.05, 4.69) is 19.1 Å². The van der Waals surface area contributed by atoms with Crippen molar-refractivity contribution in [1.29, 1.82) is 0 Å². The summed E-state index contributed by atoms with van der Waals surface area (Å²) in [6.45, 7) is 4.60. The van der Waals surface area contributed by atoms with E-state index in [0.717, 1.165) is 12.8 Å². The number of hydrogen-bond acceptors (Lipinski definition) is 2. The van der Waals surface area contributed by atoms with E-state index in [9.17, 15) is 9.46 Å². The summed E-state index contributed by atoms with van der Waals surface area (Å²) in [6.07, 6.45) is 21.5. The van der Waals surface area contributed by atoms with Crippen LogP contribution in [0.1, 0.15) is 104 Å². The van der Waals surface area contributed by atoms with Gasteiger partial charge in [-0.15, -0.1) is 0 Å². The topological polar surface area (TPSA) is 46.5 Å². The number of allylic oxidation sites excluding steroid dienone is 2. The quantitative estimate of drug-likeness (QED) is 0.104. The van der Waals surface area contributed by atoms with Crippen LogP contribution in [-0.2, 0) is 9.09 Å². The van der Waals surface area contributed by atoms with Gasteiger partial charge in [0.1, 0.15) is 0 Å². The van der Waals surface area contributed by atoms with Gasteiger partial charge >= 0.3 is 7.60 Å². The Kier molecular flexibility index (Phi) is 16.5. The van der Waals surface area contributed by atoms with Crippen LogP contribution in [0.2, 0.25) is 0 Å². The Hall–Kier alpha value is -0.150. The van der Waals surface area contributed by atoms with Gasteiger partial charge in [-0.3, -0.25) is 4.57 Å². The molecule has 5 heteroatoms. The van der Waals surface area contributed by atoms with E-state index in [1.165, 1.54) is 70.6 Å². The smallest absolute Gasteiger partial charge is 0.320 e. The van der Waals surface area contributed by atoms with E-state index in [4.69, 9.17) is 4.52 Å². The predicted octanol–water partition coefficient (Wildman–Crippen LogP) is 7.28. The number of hydrogen-bond donors (Lipinski definition) is 1. The lowest BCUT2D eigenvalue weighted by Gasteiger charge is -2.35. The Morgan fingerprint density at radius 3 is 1.75 bits per heavy atom. The van der Waals surface area contributed by atoms with Crippen molar-refractivity contribution in [3.8, 4) is 0 Å². The van der Waals surface area contributed by atoms with Crippen LogP contribution in [0.5, 0.6) is 0 Å². The molecular formula is C23H49NO3P+. The van der Waals surface area contributed by atoms with Crippen molar-refractivity contribution in [2.45, 2.75) is 110 Å². The normalized spacial score (nSPS) is 15.8. The van der Waals surface area contributed by atoms with Gasteiger partial charge in [-0.1, -0.05) is 77.4 Å². The van der Waals surface area contributed by atoms with Crippen molar-refractivity contribution in [2.75, 3.05) is 27.7 Å². The molecule has 0 bridgehead atoms. The zero-order chi connectivity index (χ0) is 21.3. The molecule has 2 unspecified atom stereocenters. The van der Waals surface area contributed by atoms with Crippen LogP contribution in [0.25, 0.3) is 0 Å². The van der Waals surface area contributed by atoms with Crippen molar-refractivity contribution in [3.05, 3.63) is 12.2 Å². The summed E-state index contributed by atoms with van der Waals surface area (Å²) < 4.78 is 18.3. The van der Waals surface area contributed by atoms with Gasteiger partial charge in [0, 0.05) is 6.42 Å². The van der Waals surface area contributed by atoms with Crippen molar-refractivity contribution in [2.24, 2.45) is 0 Å². The maximum Gasteiger partial charge on any atom is 0.385 e. The average Bonchev–Trinajstić information content (AvgIpc) is 2.60. The maximum absolute atomic E-state index is 12.5. The highest BCUT2D eigenvalue weighted by atomic mass is 31.2. The largest absolute Gasteiger partial charge is 0.385 e. The van der Waals surface area contributed by atoms with Gasteiger partial charge in [0.2, 0.25) is 0 Å². The maximum atomic E-state index is 12.5. The first-order valence-corrected chi connectivity index (χ1v) is 13.3. The molecule has 4 nitrogen and oxygen atoms in total. The summed E-state index contributed by atoms with van der Waals surface area (Å²) in [6, 6.07) is 0. The number of rotatable bonds is 19. The summed E-state index contributed by atoms with van der Waals surface area (Å²) in [5.74, 6) is -0.350. The molecule has 0 radical (unpaired) electrons. The highest BCUT2D eigenvalue weighted by molar-refractivity contribution is 7.53. The molecule has 0 rings (SSSR count). The lowest BCUT2D eigenvalue weighted by Crippen LogP contribution is -2.44. The van der Waals surface area contributed by atoms with E-state index in [1.54, 1.807) is 0 Å². The fourth-order valence-electron chi connectivity index (χ4n) is 3.67. The van der Waals surface area contributed by atoms with Crippen molar-refractivity contribution < 1.29 is 18.5 Å². The van der Waals surface area contributed by atoms with Crippen molar-refractivity contribution in [1.82, 2.24) is 0 Å². The Bertz CT molecular complexity index is 432. The monoisotopic (exact) mass is 418 g/mol. The molecule has 0 aliphatic rings. The molecule has 0 saturated heterocycles. The van der Waals surface area contributed by atoms with E-state index in [0.29, 0.717) is 17.5 Å². The first kappa shape index (κ1) is 27.8. The van der Waals surface area contributed by atoms with E-state index in [1.807, 2.05) is 28.1 Å². The Labute approximate surface area is 175 Å². The zero-order valence-electron chi connectivity index (χ0n) is 19.5. The molecule has 0 fully saturated rings. The molecule has 0 heterocycles. The van der Waals surface area contributed by atoms with Crippen molar-refractivity contribution in [3.63, 3.8) is 0 Å². The van der Waals surface area contributed by atoms with E-state index < -0.39 is 7.60 Å². The van der Waals surface area contributed by atoms with Crippen LogP contribution >= 0.6 is 7.60 Å². The van der Waals surface area contributed by atoms with Gasteiger partial charge in [0.05, 0.1) is 27.7 Å². The Morgan fingerprint density at radius 1 is 0.821 bits per heavy atom. The number of quaternary nitrogens is 1. The molecule has 0 saturated carbocycles. The first-order valence-electron chi connectivity index (χ1n) is 11.7. The first-order chi connectivity index (χ1) is 13.3. The zero-order valence-corrected chi connectivity index (χ0v) is 20.4. The second-order valence-corrected chi connectivity index (χ2v) is 11.0. The lowest BCUT2D eigenvalue weighted by molar-refractivity contribution is -0.883. The molecule has 0 aromatic carbocycles. The second-order valence-electron chi connectivity index (χ2n) is 8.99. The summed E-state index contributed by atoms with van der Waals surface area (Å²) in [7, 11) is 2.30. The number of unbranched alkanes of at least 4 members (excludes halogenated alkanes) is 11. The van der Waals surface area contributed by atoms with Crippen molar-refractivity contribution >= 4 is 7.60 Å². The highest BCUT2D eigenvalue weighted by Gasteiger charge is 2.41. The molecule has 0 aliphatic heterocycles. The molecule has 0 amide bonds. The van der Waals surface area contributed by atoms with Gasteiger partial charge < -0.3 is 13.9 Å². The second kappa shape index (κ2) is 16.6. The fourth-order valence-corrected chi connectivity index (χ4v) is 5.57. The standard InChI is InChI=1S/C23H48NO3P/c1-6-8-9-10-11-12-13-14-15-16-17-18-19-20-21-22-27-28(25,26)23(7-2)24(3,4)5/h13-14,23H,6-12,15-22H2,1-5H3/p+1/b14-13-. The summed E-state index contributed by atoms with van der Waals surface area (Å²) >= 11 is 0. The summed E-state index contributed by atoms with van der Waals surface area (Å²) in [4.78, 5) is 10.2. The molecule has 28 heavy (non-hydrogen) atoms.